The number of ether oxygens (including phenoxy) is 3. The maximum absolute atomic E-state index is 13.9. The third kappa shape index (κ3) is 5.41. The molecule has 0 bridgehead atoms. The molecule has 1 saturated heterocycles. The van der Waals surface area contributed by atoms with Gasteiger partial charge in [0.25, 0.3) is 5.69 Å². The van der Waals surface area contributed by atoms with Crippen molar-refractivity contribution in [3.8, 4) is 17.2 Å². The van der Waals surface area contributed by atoms with Crippen LogP contribution in [0.15, 0.2) is 42.5 Å². The molecule has 6 rings (SSSR count). The summed E-state index contributed by atoms with van der Waals surface area (Å²) in [4.78, 5) is 51.3. The Kier molecular flexibility index (Phi) is 8.56. The fourth-order valence-corrected chi connectivity index (χ4v) is 6.91. The zero-order valence-corrected chi connectivity index (χ0v) is 26.3. The molecule has 0 amide bonds. The van der Waals surface area contributed by atoms with E-state index in [1.165, 1.54) is 31.4 Å². The lowest BCUT2D eigenvalue weighted by Crippen LogP contribution is -2.54. The number of aliphatic hydroxyl groups excluding tert-OH is 1. The van der Waals surface area contributed by atoms with Crippen molar-refractivity contribution in [2.24, 2.45) is 0 Å². The Bertz CT molecular complexity index is 1860. The van der Waals surface area contributed by atoms with Gasteiger partial charge in [-0.25, -0.2) is 0 Å². The zero-order valence-electron chi connectivity index (χ0n) is 26.3. The predicted octanol–water partition coefficient (Wildman–Crippen LogP) is 2.77. The van der Waals surface area contributed by atoms with E-state index in [1.807, 2.05) is 0 Å². The highest BCUT2D eigenvalue weighted by molar-refractivity contribution is 6.31. The lowest BCUT2D eigenvalue weighted by molar-refractivity contribution is -0.385. The van der Waals surface area contributed by atoms with Gasteiger partial charge in [0.15, 0.2) is 17.9 Å². The van der Waals surface area contributed by atoms with Crippen molar-refractivity contribution in [3.05, 3.63) is 91.5 Å². The molecule has 14 nitrogen and oxygen atoms in total. The molecule has 0 radical (unpaired) electrons. The smallest absolute Gasteiger partial charge is 0.273 e. The fraction of sp³-hybridized carbons (Fsp3) is 0.382. The summed E-state index contributed by atoms with van der Waals surface area (Å²) in [7, 11) is 1.32. The van der Waals surface area contributed by atoms with Crippen molar-refractivity contribution in [2.75, 3.05) is 7.11 Å². The quantitative estimate of drug-likeness (QED) is 0.104. The molecule has 3 aliphatic rings. The number of Topliss-reactive ketones (excluding diaryl/α,β-unsaturated/α-hetero) is 1. The number of nitrogens with one attached hydrogen (secondary N) is 1. The molecule has 5 N–H and O–H groups in total. The first-order valence-corrected chi connectivity index (χ1v) is 15.3. The van der Waals surface area contributed by atoms with E-state index >= 15 is 0 Å². The van der Waals surface area contributed by atoms with Crippen LogP contribution in [0.25, 0.3) is 0 Å². The number of nitro groups is 1. The summed E-state index contributed by atoms with van der Waals surface area (Å²) in [6.07, 6.45) is -5.18. The van der Waals surface area contributed by atoms with Gasteiger partial charge < -0.3 is 40.0 Å². The minimum atomic E-state index is -2.08. The Morgan fingerprint density at radius 2 is 1.79 bits per heavy atom. The second-order valence-electron chi connectivity index (χ2n) is 12.3. The van der Waals surface area contributed by atoms with Gasteiger partial charge in [-0.15, -0.1) is 0 Å². The fourth-order valence-electron chi connectivity index (χ4n) is 6.91. The van der Waals surface area contributed by atoms with E-state index in [0.717, 1.165) is 6.92 Å². The van der Waals surface area contributed by atoms with Gasteiger partial charge in [0.2, 0.25) is 5.78 Å². The van der Waals surface area contributed by atoms with E-state index in [2.05, 4.69) is 5.32 Å². The number of para-hydroxylation sites is 1. The Morgan fingerprint density at radius 1 is 1.08 bits per heavy atom. The summed E-state index contributed by atoms with van der Waals surface area (Å²) in [5, 5.41) is 60.2. The zero-order chi connectivity index (χ0) is 34.7. The van der Waals surface area contributed by atoms with Gasteiger partial charge in [0.05, 0.1) is 47.0 Å². The molecule has 3 aromatic rings. The Balaban J connectivity index is 1.37. The number of nitrogens with zero attached hydrogens (tertiary/aromatic N) is 1. The molecular formula is C34H34N2O12. The van der Waals surface area contributed by atoms with Crippen molar-refractivity contribution in [2.45, 2.75) is 75.9 Å². The summed E-state index contributed by atoms with van der Waals surface area (Å²) in [6, 6.07) is 9.86. The average Bonchev–Trinajstić information content (AvgIpc) is 3.05. The summed E-state index contributed by atoms with van der Waals surface area (Å²) < 4.78 is 17.5. The first-order valence-electron chi connectivity index (χ1n) is 15.3. The van der Waals surface area contributed by atoms with Gasteiger partial charge in [-0.1, -0.05) is 30.3 Å². The summed E-state index contributed by atoms with van der Waals surface area (Å²) in [5.41, 5.74) is -3.08. The van der Waals surface area contributed by atoms with Crippen LogP contribution in [0.3, 0.4) is 0 Å². The minimum Gasteiger partial charge on any atom is -0.507 e. The predicted molar refractivity (Wildman–Crippen MR) is 166 cm³/mol. The van der Waals surface area contributed by atoms with Gasteiger partial charge in [0.1, 0.15) is 22.8 Å². The SMILES string of the molecule is COc1cccc2c1C(=O)c1c(O)c3c(c(O)c1C2=O)C[C@@](O)(C(C)=O)C[C@@H]3OC1CC(NCc2ccccc2[N+](=O)[O-])C(O)C(C)O1. The van der Waals surface area contributed by atoms with Gasteiger partial charge in [-0.2, -0.15) is 0 Å². The van der Waals surface area contributed by atoms with Crippen LogP contribution in [-0.2, 0) is 27.2 Å². The number of aromatic hydroxyl groups is 2. The summed E-state index contributed by atoms with van der Waals surface area (Å²) in [6.45, 7) is 2.79. The molecule has 1 heterocycles. The highest BCUT2D eigenvalue weighted by Gasteiger charge is 2.49. The van der Waals surface area contributed by atoms with Crippen LogP contribution in [0.1, 0.15) is 81.3 Å². The number of benzene rings is 3. The van der Waals surface area contributed by atoms with Gasteiger partial charge in [0, 0.05) is 60.2 Å². The van der Waals surface area contributed by atoms with E-state index in [4.69, 9.17) is 14.2 Å². The second kappa shape index (κ2) is 12.4. The number of ketones is 3. The number of methoxy groups -OCH3 is 1. The Labute approximate surface area is 274 Å². The molecule has 14 heteroatoms. The third-order valence-corrected chi connectivity index (χ3v) is 9.50. The van der Waals surface area contributed by atoms with Gasteiger partial charge >= 0.3 is 0 Å². The molecule has 1 aliphatic heterocycles. The number of aliphatic hydroxyl groups is 2. The second-order valence-corrected chi connectivity index (χ2v) is 12.3. The van der Waals surface area contributed by atoms with Crippen LogP contribution in [0, 0.1) is 10.1 Å². The Hall–Kier alpha value is -4.73. The highest BCUT2D eigenvalue weighted by Crippen LogP contribution is 2.52. The van der Waals surface area contributed by atoms with Crippen molar-refractivity contribution in [1.29, 1.82) is 0 Å². The summed E-state index contributed by atoms with van der Waals surface area (Å²) in [5.74, 6) is -3.42. The van der Waals surface area contributed by atoms with Crippen molar-refractivity contribution in [3.63, 3.8) is 0 Å². The number of hydrogen-bond acceptors (Lipinski definition) is 13. The maximum Gasteiger partial charge on any atom is 0.273 e. The number of carbonyl (C=O) groups is 3. The van der Waals surface area contributed by atoms with E-state index in [0.29, 0.717) is 5.56 Å². The molecule has 1 fully saturated rings. The molecule has 0 aromatic heterocycles. The first kappa shape index (κ1) is 33.2. The van der Waals surface area contributed by atoms with E-state index in [9.17, 15) is 44.9 Å². The molecule has 4 unspecified atom stereocenters. The monoisotopic (exact) mass is 662 g/mol. The normalized spacial score (nSPS) is 26.3. The van der Waals surface area contributed by atoms with Crippen molar-refractivity contribution >= 4 is 23.0 Å². The lowest BCUT2D eigenvalue weighted by Gasteiger charge is -2.43. The number of phenolic OH excluding ortho intramolecular Hbond substituents is 2. The number of carbonyl (C=O) groups excluding carboxylic acids is 3. The van der Waals surface area contributed by atoms with Gasteiger partial charge in [-0.05, 0) is 19.9 Å². The number of phenols is 2. The van der Waals surface area contributed by atoms with E-state index < -0.39 is 94.0 Å². The molecule has 252 valence electrons. The van der Waals surface area contributed by atoms with Crippen LogP contribution < -0.4 is 10.1 Å². The molecule has 2 aliphatic carbocycles. The average molecular weight is 663 g/mol. The van der Waals surface area contributed by atoms with Crippen molar-refractivity contribution in [1.82, 2.24) is 5.32 Å². The van der Waals surface area contributed by atoms with E-state index in [1.54, 1.807) is 25.1 Å². The number of nitro benzene ring substituents is 1. The number of rotatable bonds is 8. The van der Waals surface area contributed by atoms with E-state index in [-0.39, 0.29) is 46.7 Å². The van der Waals surface area contributed by atoms with Crippen LogP contribution in [0.4, 0.5) is 5.69 Å². The van der Waals surface area contributed by atoms with Crippen LogP contribution in [0.5, 0.6) is 17.2 Å². The largest absolute Gasteiger partial charge is 0.507 e. The third-order valence-electron chi connectivity index (χ3n) is 9.50. The topological polar surface area (TPSA) is 215 Å². The minimum absolute atomic E-state index is 0.00382. The molecule has 0 saturated carbocycles. The molecule has 6 atom stereocenters. The van der Waals surface area contributed by atoms with Crippen LogP contribution in [0.2, 0.25) is 0 Å². The maximum atomic E-state index is 13.9. The number of fused-ring (bicyclic) bond motifs is 3. The molecular weight excluding hydrogens is 628 g/mol. The molecule has 3 aromatic carbocycles. The molecule has 48 heavy (non-hydrogen) atoms. The van der Waals surface area contributed by atoms with Gasteiger partial charge in [-0.3, -0.25) is 24.5 Å². The lowest BCUT2D eigenvalue weighted by atomic mass is 9.72. The van der Waals surface area contributed by atoms with Crippen molar-refractivity contribution < 1.29 is 53.9 Å². The van der Waals surface area contributed by atoms with Crippen LogP contribution >= 0.6 is 0 Å². The number of hydrogen-bond donors (Lipinski definition) is 5. The van der Waals surface area contributed by atoms with Crippen LogP contribution in [-0.4, -0.2) is 79.9 Å². The summed E-state index contributed by atoms with van der Waals surface area (Å²) >= 11 is 0. The highest BCUT2D eigenvalue weighted by atomic mass is 16.7. The first-order chi connectivity index (χ1) is 22.8. The standard InChI is InChI=1S/C34H34N2O12/c1-15-29(38)20(35-14-17-7-4-5-9-21(17)36(44)45)11-24(47-15)48-23-13-34(43,16(2)37)12-19-26(23)33(42)28-27(31(19)40)30(39)18-8-6-10-22(46-3)25(18)32(28)41/h4-10,15,20,23-24,29,35,38,40,42-43H,11-14H2,1-3H3/t15?,20?,23-,24?,29?,34-/m0/s1. The Morgan fingerprint density at radius 3 is 2.48 bits per heavy atom. The molecule has 0 spiro atoms.